The number of hydrogen-bond donors (Lipinski definition) is 1. The molecule has 0 rings (SSSR count). The average molecular weight is 230 g/mol. The molecule has 0 aliphatic carbocycles. The molecule has 1 N–H and O–H groups in total. The molecule has 4 heteroatoms. The zero-order chi connectivity index (χ0) is 12.4. The molecule has 0 amide bonds. The maximum atomic E-state index is 11.3. The van der Waals surface area contributed by atoms with Gasteiger partial charge in [-0.1, -0.05) is 32.6 Å². The SMILES string of the molecule is CCCCCCC(O)CC(=O)CC(=O)OC. The summed E-state index contributed by atoms with van der Waals surface area (Å²) < 4.78 is 4.37. The fourth-order valence-corrected chi connectivity index (χ4v) is 1.48. The number of ketones is 1. The van der Waals surface area contributed by atoms with Crippen LogP contribution in [0.1, 0.15) is 51.9 Å². The Morgan fingerprint density at radius 3 is 2.50 bits per heavy atom. The Bertz CT molecular complexity index is 213. The van der Waals surface area contributed by atoms with Crippen molar-refractivity contribution in [2.45, 2.75) is 58.0 Å². The Labute approximate surface area is 97.0 Å². The van der Waals surface area contributed by atoms with Crippen molar-refractivity contribution in [1.82, 2.24) is 0 Å². The first kappa shape index (κ1) is 15.1. The number of methoxy groups -OCH3 is 1. The summed E-state index contributed by atoms with van der Waals surface area (Å²) in [5.41, 5.74) is 0. The minimum atomic E-state index is -0.617. The van der Waals surface area contributed by atoms with Gasteiger partial charge in [-0.15, -0.1) is 0 Å². The van der Waals surface area contributed by atoms with Crippen LogP contribution in [0.15, 0.2) is 0 Å². The van der Waals surface area contributed by atoms with Crippen molar-refractivity contribution in [3.05, 3.63) is 0 Å². The minimum Gasteiger partial charge on any atom is -0.469 e. The topological polar surface area (TPSA) is 63.6 Å². The Morgan fingerprint density at radius 2 is 1.94 bits per heavy atom. The van der Waals surface area contributed by atoms with Crippen molar-refractivity contribution in [2.75, 3.05) is 7.11 Å². The molecule has 0 fully saturated rings. The fraction of sp³-hybridized carbons (Fsp3) is 0.833. The normalized spacial score (nSPS) is 12.2. The van der Waals surface area contributed by atoms with Gasteiger partial charge in [0.05, 0.1) is 13.2 Å². The van der Waals surface area contributed by atoms with Gasteiger partial charge < -0.3 is 9.84 Å². The average Bonchev–Trinajstić information content (AvgIpc) is 2.24. The van der Waals surface area contributed by atoms with E-state index in [0.717, 1.165) is 25.7 Å². The van der Waals surface area contributed by atoms with Gasteiger partial charge in [0, 0.05) is 6.42 Å². The van der Waals surface area contributed by atoms with Gasteiger partial charge in [-0.3, -0.25) is 9.59 Å². The van der Waals surface area contributed by atoms with Gasteiger partial charge in [-0.2, -0.15) is 0 Å². The van der Waals surface area contributed by atoms with E-state index >= 15 is 0 Å². The van der Waals surface area contributed by atoms with Crippen molar-refractivity contribution in [1.29, 1.82) is 0 Å². The summed E-state index contributed by atoms with van der Waals surface area (Å²) >= 11 is 0. The van der Waals surface area contributed by atoms with Gasteiger partial charge in [0.2, 0.25) is 0 Å². The second-order valence-electron chi connectivity index (χ2n) is 4.00. The van der Waals surface area contributed by atoms with Crippen LogP contribution < -0.4 is 0 Å². The number of esters is 1. The fourth-order valence-electron chi connectivity index (χ4n) is 1.48. The maximum absolute atomic E-state index is 11.3. The number of Topliss-reactive ketones (excluding diaryl/α,β-unsaturated/α-hetero) is 1. The molecule has 0 spiro atoms. The molecule has 0 aromatic rings. The van der Waals surface area contributed by atoms with Gasteiger partial charge in [-0.25, -0.2) is 0 Å². The molecule has 0 heterocycles. The third-order valence-electron chi connectivity index (χ3n) is 2.42. The predicted octanol–water partition coefficient (Wildman–Crippen LogP) is 1.84. The number of aliphatic hydroxyl groups is 1. The highest BCUT2D eigenvalue weighted by atomic mass is 16.5. The summed E-state index contributed by atoms with van der Waals surface area (Å²) in [5, 5.41) is 9.53. The van der Waals surface area contributed by atoms with Crippen LogP contribution in [0.5, 0.6) is 0 Å². The molecule has 4 nitrogen and oxygen atoms in total. The predicted molar refractivity (Wildman–Crippen MR) is 61.0 cm³/mol. The molecule has 0 aromatic carbocycles. The molecule has 0 aliphatic heterocycles. The summed E-state index contributed by atoms with van der Waals surface area (Å²) in [5.74, 6) is -0.793. The molecule has 94 valence electrons. The summed E-state index contributed by atoms with van der Waals surface area (Å²) in [6.07, 6.45) is 4.16. The van der Waals surface area contributed by atoms with E-state index in [1.807, 2.05) is 0 Å². The van der Waals surface area contributed by atoms with Gasteiger partial charge >= 0.3 is 5.97 Å². The molecule has 0 saturated heterocycles. The smallest absolute Gasteiger partial charge is 0.313 e. The third kappa shape index (κ3) is 8.41. The number of unbranched alkanes of at least 4 members (excludes halogenated alkanes) is 3. The molecule has 16 heavy (non-hydrogen) atoms. The Morgan fingerprint density at radius 1 is 1.25 bits per heavy atom. The lowest BCUT2D eigenvalue weighted by Gasteiger charge is -2.08. The molecule has 0 aromatic heterocycles. The Kier molecular flexibility index (Phi) is 8.81. The van der Waals surface area contributed by atoms with Crippen LogP contribution in [-0.4, -0.2) is 30.1 Å². The first-order chi connectivity index (χ1) is 7.60. The lowest BCUT2D eigenvalue weighted by atomic mass is 10.0. The second-order valence-corrected chi connectivity index (χ2v) is 4.00. The number of aliphatic hydroxyl groups excluding tert-OH is 1. The van der Waals surface area contributed by atoms with E-state index in [1.165, 1.54) is 7.11 Å². The summed E-state index contributed by atoms with van der Waals surface area (Å²) in [7, 11) is 1.25. The summed E-state index contributed by atoms with van der Waals surface area (Å²) in [6.45, 7) is 2.12. The Balaban J connectivity index is 3.58. The molecule has 0 aliphatic rings. The van der Waals surface area contributed by atoms with E-state index in [1.54, 1.807) is 0 Å². The highest BCUT2D eigenvalue weighted by Gasteiger charge is 2.14. The second kappa shape index (κ2) is 9.33. The van der Waals surface area contributed by atoms with Crippen LogP contribution in [0, 0.1) is 0 Å². The van der Waals surface area contributed by atoms with Gasteiger partial charge in [0.1, 0.15) is 12.2 Å². The van der Waals surface area contributed by atoms with E-state index in [2.05, 4.69) is 11.7 Å². The van der Waals surface area contributed by atoms with Crippen LogP contribution in [0.3, 0.4) is 0 Å². The molecular formula is C12H22O4. The monoisotopic (exact) mass is 230 g/mol. The lowest BCUT2D eigenvalue weighted by molar-refractivity contribution is -0.143. The standard InChI is InChI=1S/C12H22O4/c1-3-4-5-6-7-10(13)8-11(14)9-12(15)16-2/h10,13H,3-9H2,1-2H3. The zero-order valence-corrected chi connectivity index (χ0v) is 10.2. The van der Waals surface area contributed by atoms with Crippen LogP contribution in [0.4, 0.5) is 0 Å². The van der Waals surface area contributed by atoms with E-state index < -0.39 is 12.1 Å². The van der Waals surface area contributed by atoms with E-state index in [-0.39, 0.29) is 18.6 Å². The van der Waals surface area contributed by atoms with Crippen molar-refractivity contribution in [2.24, 2.45) is 0 Å². The molecule has 0 saturated carbocycles. The number of hydrogen-bond acceptors (Lipinski definition) is 4. The van der Waals surface area contributed by atoms with Gasteiger partial charge in [0.15, 0.2) is 0 Å². The molecule has 1 atom stereocenters. The molecule has 1 unspecified atom stereocenters. The zero-order valence-electron chi connectivity index (χ0n) is 10.2. The van der Waals surface area contributed by atoms with E-state index in [9.17, 15) is 14.7 Å². The molecule has 0 radical (unpaired) electrons. The van der Waals surface area contributed by atoms with E-state index in [4.69, 9.17) is 0 Å². The molecular weight excluding hydrogens is 208 g/mol. The quantitative estimate of drug-likeness (QED) is 0.373. The first-order valence-electron chi connectivity index (χ1n) is 5.86. The highest BCUT2D eigenvalue weighted by Crippen LogP contribution is 2.09. The van der Waals surface area contributed by atoms with Crippen molar-refractivity contribution >= 4 is 11.8 Å². The lowest BCUT2D eigenvalue weighted by Crippen LogP contribution is -2.16. The van der Waals surface area contributed by atoms with Crippen molar-refractivity contribution in [3.63, 3.8) is 0 Å². The van der Waals surface area contributed by atoms with Crippen LogP contribution >= 0.6 is 0 Å². The van der Waals surface area contributed by atoms with Crippen molar-refractivity contribution < 1.29 is 19.4 Å². The van der Waals surface area contributed by atoms with Crippen LogP contribution in [0.25, 0.3) is 0 Å². The Hall–Kier alpha value is -0.900. The van der Waals surface area contributed by atoms with Crippen LogP contribution in [0.2, 0.25) is 0 Å². The van der Waals surface area contributed by atoms with Gasteiger partial charge in [0.25, 0.3) is 0 Å². The van der Waals surface area contributed by atoms with E-state index in [0.29, 0.717) is 6.42 Å². The third-order valence-corrected chi connectivity index (χ3v) is 2.42. The minimum absolute atomic E-state index is 0.0568. The number of carbonyl (C=O) groups is 2. The number of ether oxygens (including phenoxy) is 1. The summed E-state index contributed by atoms with van der Waals surface area (Å²) in [6, 6.07) is 0. The number of rotatable bonds is 9. The largest absolute Gasteiger partial charge is 0.469 e. The van der Waals surface area contributed by atoms with Crippen molar-refractivity contribution in [3.8, 4) is 0 Å². The van der Waals surface area contributed by atoms with Gasteiger partial charge in [-0.05, 0) is 6.42 Å². The molecule has 0 bridgehead atoms. The number of carbonyl (C=O) groups excluding carboxylic acids is 2. The van der Waals surface area contributed by atoms with Crippen LogP contribution in [-0.2, 0) is 14.3 Å². The highest BCUT2D eigenvalue weighted by molar-refractivity contribution is 5.95. The maximum Gasteiger partial charge on any atom is 0.313 e. The summed E-state index contributed by atoms with van der Waals surface area (Å²) in [4.78, 5) is 22.0. The first-order valence-corrected chi connectivity index (χ1v) is 5.86.